The van der Waals surface area contributed by atoms with Crippen molar-refractivity contribution in [3.05, 3.63) is 69.2 Å². The standard InChI is InChI=1S/C9H9N2O.C5H5.Fe/c10-11-7-9(12)6-5-8-3-1-2-4-8;1-2-4-5-3-1;/h1-4,7H,5-6H2;1-5H;/q;;+2. The van der Waals surface area contributed by atoms with E-state index in [1.54, 1.807) is 0 Å². The van der Waals surface area contributed by atoms with Gasteiger partial charge in [0.25, 0.3) is 0 Å². The molecule has 18 heavy (non-hydrogen) atoms. The quantitative estimate of drug-likeness (QED) is 0.337. The Hall–Kier alpha value is -0.431. The van der Waals surface area contributed by atoms with Gasteiger partial charge in [-0.2, -0.15) is 4.79 Å². The molecule has 0 amide bonds. The van der Waals surface area contributed by atoms with Crippen molar-refractivity contribution in [3.8, 4) is 0 Å². The van der Waals surface area contributed by atoms with Crippen molar-refractivity contribution in [3.63, 3.8) is 0 Å². The number of rotatable bonds is 4. The Kier molecular flexibility index (Phi) is 11.4. The van der Waals surface area contributed by atoms with E-state index in [9.17, 15) is 4.79 Å². The van der Waals surface area contributed by atoms with Crippen LogP contribution < -0.4 is 0 Å². The Morgan fingerprint density at radius 2 is 1.56 bits per heavy atom. The van der Waals surface area contributed by atoms with Crippen LogP contribution >= 0.6 is 0 Å². The number of hydrogen-bond acceptors (Lipinski definition) is 1. The van der Waals surface area contributed by atoms with Gasteiger partial charge in [0.1, 0.15) is 0 Å². The van der Waals surface area contributed by atoms with Crippen LogP contribution in [-0.4, -0.2) is 16.8 Å². The van der Waals surface area contributed by atoms with Crippen LogP contribution in [0.2, 0.25) is 0 Å². The van der Waals surface area contributed by atoms with Crippen molar-refractivity contribution >= 4 is 12.0 Å². The molecule has 3 nitrogen and oxygen atoms in total. The monoisotopic (exact) mass is 282 g/mol. The summed E-state index contributed by atoms with van der Waals surface area (Å²) in [6.07, 6.45) is 19.8. The van der Waals surface area contributed by atoms with E-state index in [1.165, 1.54) is 0 Å². The molecule has 0 aromatic heterocycles. The second-order valence-corrected chi connectivity index (χ2v) is 3.47. The summed E-state index contributed by atoms with van der Waals surface area (Å²) in [5, 5.41) is 0. The third-order valence-corrected chi connectivity index (χ3v) is 2.15. The van der Waals surface area contributed by atoms with Gasteiger partial charge >= 0.3 is 23.3 Å². The van der Waals surface area contributed by atoms with Crippen molar-refractivity contribution < 1.29 is 26.7 Å². The molecule has 0 aromatic rings. The zero-order valence-electron chi connectivity index (χ0n) is 9.84. The molecular formula is C14H14FeN2O+2. The van der Waals surface area contributed by atoms with E-state index in [-0.39, 0.29) is 22.9 Å². The zero-order valence-corrected chi connectivity index (χ0v) is 10.9. The summed E-state index contributed by atoms with van der Waals surface area (Å²) in [6, 6.07) is 0. The molecule has 0 atom stereocenters. The SMILES string of the molecule is [CH]1[CH][CH][CH][CH]1.[Fe+2].[N-]=[N+]=CC(=O)CC[C]1[CH][CH][CH][CH]1. The van der Waals surface area contributed by atoms with E-state index in [1.807, 2.05) is 57.8 Å². The fraction of sp³-hybridized carbons (Fsp3) is 0.143. The van der Waals surface area contributed by atoms with Gasteiger partial charge in [-0.25, -0.2) is 0 Å². The van der Waals surface area contributed by atoms with Crippen LogP contribution in [0, 0.1) is 63.7 Å². The maximum atomic E-state index is 10.8. The Morgan fingerprint density at radius 1 is 1.06 bits per heavy atom. The summed E-state index contributed by atoms with van der Waals surface area (Å²) in [7, 11) is 0. The van der Waals surface area contributed by atoms with Gasteiger partial charge in [0.2, 0.25) is 5.78 Å². The van der Waals surface area contributed by atoms with Gasteiger partial charge in [0, 0.05) is 6.42 Å². The van der Waals surface area contributed by atoms with E-state index < -0.39 is 0 Å². The molecule has 2 aliphatic rings. The van der Waals surface area contributed by atoms with Crippen molar-refractivity contribution in [2.75, 3.05) is 0 Å². The number of ketones is 1. The molecule has 0 heterocycles. The molecule has 0 unspecified atom stereocenters. The molecule has 0 N–H and O–H groups in total. The molecule has 0 aliphatic heterocycles. The van der Waals surface area contributed by atoms with E-state index in [4.69, 9.17) is 5.53 Å². The topological polar surface area (TPSA) is 53.5 Å². The van der Waals surface area contributed by atoms with Gasteiger partial charge in [-0.15, -0.1) is 0 Å². The van der Waals surface area contributed by atoms with Crippen LogP contribution in [-0.2, 0) is 21.9 Å². The van der Waals surface area contributed by atoms with Crippen LogP contribution in [0.3, 0.4) is 0 Å². The second-order valence-electron chi connectivity index (χ2n) is 3.47. The summed E-state index contributed by atoms with van der Waals surface area (Å²) >= 11 is 0. The maximum Gasteiger partial charge on any atom is 2.00 e. The van der Waals surface area contributed by atoms with Crippen LogP contribution in [0.4, 0.5) is 0 Å². The predicted octanol–water partition coefficient (Wildman–Crippen LogP) is 2.06. The number of carbonyl (C=O) groups is 1. The van der Waals surface area contributed by atoms with Crippen LogP contribution in [0.1, 0.15) is 12.8 Å². The smallest absolute Gasteiger partial charge is 0.361 e. The fourth-order valence-corrected chi connectivity index (χ4v) is 1.30. The first-order valence-electron chi connectivity index (χ1n) is 5.40. The molecule has 0 spiro atoms. The molecule has 2 rings (SSSR count). The predicted molar refractivity (Wildman–Crippen MR) is 65.9 cm³/mol. The number of hydrogen-bond donors (Lipinski definition) is 0. The maximum absolute atomic E-state index is 10.8. The second kappa shape index (κ2) is 11.6. The molecule has 4 heteroatoms. The van der Waals surface area contributed by atoms with Crippen molar-refractivity contribution in [1.82, 2.24) is 0 Å². The van der Waals surface area contributed by atoms with E-state index in [2.05, 4.69) is 4.79 Å². The van der Waals surface area contributed by atoms with Crippen molar-refractivity contribution in [2.24, 2.45) is 0 Å². The minimum atomic E-state index is -0.154. The number of carbonyl (C=O) groups excluding carboxylic acids is 1. The van der Waals surface area contributed by atoms with Gasteiger partial charge in [-0.1, -0.05) is 0 Å². The summed E-state index contributed by atoms with van der Waals surface area (Å²) in [6.45, 7) is 0. The van der Waals surface area contributed by atoms with E-state index >= 15 is 0 Å². The van der Waals surface area contributed by atoms with Gasteiger partial charge in [0.05, 0.1) is 0 Å². The molecule has 2 fully saturated rings. The van der Waals surface area contributed by atoms with Gasteiger partial charge in [-0.3, -0.25) is 4.79 Å². The molecule has 2 aliphatic carbocycles. The average molecular weight is 282 g/mol. The summed E-state index contributed by atoms with van der Waals surface area (Å²) in [5.74, 6) is 0.980. The fourth-order valence-electron chi connectivity index (χ4n) is 1.30. The van der Waals surface area contributed by atoms with E-state index in [0.29, 0.717) is 12.8 Å². The molecular weight excluding hydrogens is 268 g/mol. The van der Waals surface area contributed by atoms with Crippen LogP contribution in [0.5, 0.6) is 0 Å². The Morgan fingerprint density at radius 3 is 2.00 bits per heavy atom. The van der Waals surface area contributed by atoms with Gasteiger partial charge in [0.15, 0.2) is 0 Å². The third-order valence-electron chi connectivity index (χ3n) is 2.15. The van der Waals surface area contributed by atoms with Gasteiger partial charge < -0.3 is 5.53 Å². The Labute approximate surface area is 121 Å². The molecule has 0 bridgehead atoms. The van der Waals surface area contributed by atoms with Crippen molar-refractivity contribution in [1.29, 1.82) is 0 Å². The molecule has 0 saturated heterocycles. The molecule has 10 radical (unpaired) electrons. The third kappa shape index (κ3) is 8.63. The average Bonchev–Trinajstić information content (AvgIpc) is 3.03. The first kappa shape index (κ1) is 17.6. The first-order valence-corrected chi connectivity index (χ1v) is 5.40. The minimum Gasteiger partial charge on any atom is -0.361 e. The minimum absolute atomic E-state index is 0. The normalized spacial score (nSPS) is 18.2. The molecule has 0 aromatic carbocycles. The summed E-state index contributed by atoms with van der Waals surface area (Å²) in [4.78, 5) is 13.5. The first-order chi connectivity index (χ1) is 8.33. The number of nitrogens with zero attached hydrogens (tertiary/aromatic N) is 2. The molecule has 92 valence electrons. The zero-order chi connectivity index (χ0) is 12.3. The largest absolute Gasteiger partial charge is 2.00 e. The van der Waals surface area contributed by atoms with E-state index in [0.717, 1.165) is 12.1 Å². The molecule has 2 saturated carbocycles. The van der Waals surface area contributed by atoms with Crippen LogP contribution in [0.15, 0.2) is 0 Å². The van der Waals surface area contributed by atoms with Crippen molar-refractivity contribution in [2.45, 2.75) is 12.8 Å². The van der Waals surface area contributed by atoms with Crippen LogP contribution in [0.25, 0.3) is 5.53 Å². The summed E-state index contributed by atoms with van der Waals surface area (Å²) < 4.78 is 0. The summed E-state index contributed by atoms with van der Waals surface area (Å²) in [5.41, 5.74) is 8.04. The number of Topliss-reactive ketones (excluding diaryl/α,β-unsaturated/α-hetero) is 1. The Balaban J connectivity index is 0.000000405. The Bertz CT molecular complexity index is 257. The van der Waals surface area contributed by atoms with Gasteiger partial charge in [-0.05, 0) is 70.1 Å².